The molecule has 29 heavy (non-hydrogen) atoms. The first kappa shape index (κ1) is 21.6. The van der Waals surface area contributed by atoms with Crippen LogP contribution in [-0.2, 0) is 11.3 Å². The van der Waals surface area contributed by atoms with Crippen LogP contribution in [0.15, 0.2) is 48.5 Å². The molecule has 0 atom stereocenters. The topological polar surface area (TPSA) is 32.8 Å². The minimum atomic E-state index is -2.85. The highest BCUT2D eigenvalue weighted by Crippen LogP contribution is 2.23. The molecule has 0 unspecified atom stereocenters. The summed E-state index contributed by atoms with van der Waals surface area (Å²) in [5.74, 6) is 0.00803. The van der Waals surface area contributed by atoms with Gasteiger partial charge in [0.25, 0.3) is 0 Å². The maximum Gasteiger partial charge on any atom is 0.387 e. The zero-order chi connectivity index (χ0) is 20.8. The largest absolute Gasteiger partial charge is 0.435 e. The van der Waals surface area contributed by atoms with E-state index in [0.29, 0.717) is 23.1 Å². The third-order valence-corrected chi connectivity index (χ3v) is 5.34. The number of rotatable bonds is 6. The number of piperazine rings is 1. The fourth-order valence-corrected chi connectivity index (χ4v) is 3.38. The summed E-state index contributed by atoms with van der Waals surface area (Å²) in [6, 6.07) is 11.7. The number of alkyl halides is 2. The van der Waals surface area contributed by atoms with Crippen LogP contribution in [0.25, 0.3) is 6.08 Å². The second-order valence-corrected chi connectivity index (χ2v) is 7.45. The highest BCUT2D eigenvalue weighted by molar-refractivity contribution is 6.42. The van der Waals surface area contributed by atoms with Crippen LogP contribution >= 0.6 is 23.2 Å². The molecule has 2 aromatic rings. The molecule has 4 nitrogen and oxygen atoms in total. The Morgan fingerprint density at radius 3 is 2.34 bits per heavy atom. The Balaban J connectivity index is 1.48. The molecule has 2 aromatic carbocycles. The van der Waals surface area contributed by atoms with Crippen molar-refractivity contribution < 1.29 is 18.3 Å². The maximum absolute atomic E-state index is 12.4. The van der Waals surface area contributed by atoms with E-state index in [-0.39, 0.29) is 11.7 Å². The molecule has 1 heterocycles. The Labute approximate surface area is 178 Å². The van der Waals surface area contributed by atoms with E-state index in [1.807, 2.05) is 12.1 Å². The molecule has 0 saturated carbocycles. The summed E-state index contributed by atoms with van der Waals surface area (Å²) in [5, 5.41) is 1.07. The fourth-order valence-electron chi connectivity index (χ4n) is 3.06. The van der Waals surface area contributed by atoms with Gasteiger partial charge in [-0.05, 0) is 41.5 Å². The van der Waals surface area contributed by atoms with Crippen molar-refractivity contribution in [2.75, 3.05) is 26.2 Å². The van der Waals surface area contributed by atoms with E-state index < -0.39 is 6.61 Å². The van der Waals surface area contributed by atoms with E-state index in [4.69, 9.17) is 23.2 Å². The highest BCUT2D eigenvalue weighted by Gasteiger charge is 2.19. The molecule has 0 aliphatic carbocycles. The van der Waals surface area contributed by atoms with Gasteiger partial charge >= 0.3 is 6.61 Å². The maximum atomic E-state index is 12.4. The van der Waals surface area contributed by atoms with E-state index >= 15 is 0 Å². The molecular weight excluding hydrogens is 421 g/mol. The average Bonchev–Trinajstić information content (AvgIpc) is 2.70. The lowest BCUT2D eigenvalue weighted by Crippen LogP contribution is -2.47. The number of benzene rings is 2. The lowest BCUT2D eigenvalue weighted by atomic mass is 10.2. The second kappa shape index (κ2) is 10.1. The van der Waals surface area contributed by atoms with Crippen LogP contribution in [0.1, 0.15) is 11.1 Å². The summed E-state index contributed by atoms with van der Waals surface area (Å²) < 4.78 is 28.6. The first-order chi connectivity index (χ1) is 13.9. The molecule has 0 spiro atoms. The number of hydrogen-bond donors (Lipinski definition) is 0. The van der Waals surface area contributed by atoms with Crippen molar-refractivity contribution in [1.82, 2.24) is 9.80 Å². The van der Waals surface area contributed by atoms with Crippen molar-refractivity contribution in [2.24, 2.45) is 0 Å². The third kappa shape index (κ3) is 6.42. The van der Waals surface area contributed by atoms with Gasteiger partial charge in [0.15, 0.2) is 0 Å². The molecule has 154 valence electrons. The van der Waals surface area contributed by atoms with Crippen molar-refractivity contribution in [3.05, 3.63) is 69.7 Å². The monoisotopic (exact) mass is 440 g/mol. The number of nitrogens with zero attached hydrogens (tertiary/aromatic N) is 2. The summed E-state index contributed by atoms with van der Waals surface area (Å²) in [4.78, 5) is 16.4. The van der Waals surface area contributed by atoms with Crippen molar-refractivity contribution in [1.29, 1.82) is 0 Å². The Morgan fingerprint density at radius 2 is 1.72 bits per heavy atom. The standard InChI is InChI=1S/C21H20Cl2F2N2O2/c22-18-7-3-16(13-19(18)23)14-26-9-11-27(12-10-26)20(28)8-4-15-1-5-17(6-2-15)29-21(24)25/h1-8,13,21H,9-12,14H2. The number of amides is 1. The number of hydrogen-bond acceptors (Lipinski definition) is 3. The quantitative estimate of drug-likeness (QED) is 0.595. The van der Waals surface area contributed by atoms with Gasteiger partial charge in [-0.1, -0.05) is 41.4 Å². The van der Waals surface area contributed by atoms with Crippen molar-refractivity contribution >= 4 is 35.2 Å². The van der Waals surface area contributed by atoms with Gasteiger partial charge in [0.05, 0.1) is 10.0 Å². The van der Waals surface area contributed by atoms with Crippen LogP contribution in [0, 0.1) is 0 Å². The SMILES string of the molecule is O=C(C=Cc1ccc(OC(F)F)cc1)N1CCN(Cc2ccc(Cl)c(Cl)c2)CC1. The zero-order valence-corrected chi connectivity index (χ0v) is 17.0. The van der Waals surface area contributed by atoms with Crippen LogP contribution in [0.2, 0.25) is 10.0 Å². The van der Waals surface area contributed by atoms with Gasteiger partial charge in [-0.25, -0.2) is 0 Å². The Bertz CT molecular complexity index is 867. The lowest BCUT2D eigenvalue weighted by Gasteiger charge is -2.34. The van der Waals surface area contributed by atoms with Crippen LogP contribution in [0.5, 0.6) is 5.75 Å². The summed E-state index contributed by atoms with van der Waals surface area (Å²) in [6.07, 6.45) is 3.16. The molecule has 1 saturated heterocycles. The van der Waals surface area contributed by atoms with E-state index in [1.165, 1.54) is 18.2 Å². The van der Waals surface area contributed by atoms with E-state index in [9.17, 15) is 13.6 Å². The second-order valence-electron chi connectivity index (χ2n) is 6.63. The van der Waals surface area contributed by atoms with Gasteiger partial charge in [0.1, 0.15) is 5.75 Å². The van der Waals surface area contributed by atoms with E-state index in [0.717, 1.165) is 30.8 Å². The molecule has 1 aliphatic heterocycles. The van der Waals surface area contributed by atoms with Gasteiger partial charge < -0.3 is 9.64 Å². The summed E-state index contributed by atoms with van der Waals surface area (Å²) in [6.45, 7) is 0.686. The minimum absolute atomic E-state index is 0.0768. The predicted octanol–water partition coefficient (Wildman–Crippen LogP) is 4.95. The molecule has 0 N–H and O–H groups in total. The molecule has 1 fully saturated rings. The van der Waals surface area contributed by atoms with Crippen LogP contribution in [0.4, 0.5) is 8.78 Å². The van der Waals surface area contributed by atoms with Crippen LogP contribution < -0.4 is 4.74 Å². The lowest BCUT2D eigenvalue weighted by molar-refractivity contribution is -0.127. The van der Waals surface area contributed by atoms with Gasteiger partial charge in [-0.15, -0.1) is 0 Å². The van der Waals surface area contributed by atoms with Gasteiger partial charge in [0, 0.05) is 38.8 Å². The fraction of sp³-hybridized carbons (Fsp3) is 0.286. The Hall–Kier alpha value is -2.15. The smallest absolute Gasteiger partial charge is 0.387 e. The first-order valence-electron chi connectivity index (χ1n) is 9.09. The van der Waals surface area contributed by atoms with Crippen molar-refractivity contribution in [2.45, 2.75) is 13.2 Å². The normalized spacial score (nSPS) is 15.3. The molecule has 1 amide bonds. The number of carbonyl (C=O) groups excluding carboxylic acids is 1. The average molecular weight is 441 g/mol. The molecule has 0 radical (unpaired) electrons. The van der Waals surface area contributed by atoms with Gasteiger partial charge in [0.2, 0.25) is 5.91 Å². The number of carbonyl (C=O) groups is 1. The van der Waals surface area contributed by atoms with Crippen LogP contribution in [0.3, 0.4) is 0 Å². The molecule has 0 bridgehead atoms. The molecule has 0 aromatic heterocycles. The molecular formula is C21H20Cl2F2N2O2. The number of halogens is 4. The van der Waals surface area contributed by atoms with Crippen LogP contribution in [-0.4, -0.2) is 48.5 Å². The zero-order valence-electron chi connectivity index (χ0n) is 15.5. The molecule has 3 rings (SSSR count). The predicted molar refractivity (Wildman–Crippen MR) is 110 cm³/mol. The van der Waals surface area contributed by atoms with Crippen molar-refractivity contribution in [3.63, 3.8) is 0 Å². The molecule has 1 aliphatic rings. The molecule has 8 heteroatoms. The Kier molecular flexibility index (Phi) is 7.47. The van der Waals surface area contributed by atoms with Gasteiger partial charge in [-0.3, -0.25) is 9.69 Å². The number of ether oxygens (including phenoxy) is 1. The van der Waals surface area contributed by atoms with Gasteiger partial charge in [-0.2, -0.15) is 8.78 Å². The van der Waals surface area contributed by atoms with E-state index in [2.05, 4.69) is 9.64 Å². The summed E-state index contributed by atoms with van der Waals surface area (Å²) >= 11 is 12.0. The summed E-state index contributed by atoms with van der Waals surface area (Å²) in [7, 11) is 0. The van der Waals surface area contributed by atoms with Crippen molar-refractivity contribution in [3.8, 4) is 5.75 Å². The minimum Gasteiger partial charge on any atom is -0.435 e. The van der Waals surface area contributed by atoms with E-state index in [1.54, 1.807) is 29.2 Å². The Morgan fingerprint density at radius 1 is 1.03 bits per heavy atom. The first-order valence-corrected chi connectivity index (χ1v) is 9.84. The highest BCUT2D eigenvalue weighted by atomic mass is 35.5. The summed E-state index contributed by atoms with van der Waals surface area (Å²) in [5.41, 5.74) is 1.82. The third-order valence-electron chi connectivity index (χ3n) is 4.60.